The lowest BCUT2D eigenvalue weighted by Crippen LogP contribution is -2.36. The molecule has 2 heterocycles. The molecule has 1 aromatic heterocycles. The zero-order chi connectivity index (χ0) is 14.4. The van der Waals surface area contributed by atoms with Gasteiger partial charge < -0.3 is 14.6 Å². The number of imidazole rings is 1. The molecule has 0 atom stereocenters. The van der Waals surface area contributed by atoms with Gasteiger partial charge in [0.2, 0.25) is 5.91 Å². The summed E-state index contributed by atoms with van der Waals surface area (Å²) in [6.07, 6.45) is 4.82. The topological polar surface area (TPSA) is 75.3 Å². The fourth-order valence-electron chi connectivity index (χ4n) is 2.05. The SMILES string of the molecule is CCOC(=O)c1cnc(SCC(=O)N2CCCCC2)[nH]1. The molecule has 1 aliphatic heterocycles. The van der Waals surface area contributed by atoms with Crippen molar-refractivity contribution in [1.29, 1.82) is 0 Å². The summed E-state index contributed by atoms with van der Waals surface area (Å²) >= 11 is 1.31. The molecular weight excluding hydrogens is 278 g/mol. The van der Waals surface area contributed by atoms with Gasteiger partial charge in [-0.25, -0.2) is 9.78 Å². The van der Waals surface area contributed by atoms with Gasteiger partial charge >= 0.3 is 5.97 Å². The molecule has 0 aromatic carbocycles. The molecule has 1 saturated heterocycles. The highest BCUT2D eigenvalue weighted by atomic mass is 32.2. The van der Waals surface area contributed by atoms with Crippen LogP contribution < -0.4 is 0 Å². The van der Waals surface area contributed by atoms with E-state index in [1.807, 2.05) is 4.90 Å². The smallest absolute Gasteiger partial charge is 0.356 e. The van der Waals surface area contributed by atoms with Crippen LogP contribution in [-0.2, 0) is 9.53 Å². The Morgan fingerprint density at radius 2 is 2.15 bits per heavy atom. The number of carbonyl (C=O) groups excluding carboxylic acids is 2. The number of aromatic amines is 1. The predicted octanol–water partition coefficient (Wildman–Crippen LogP) is 1.69. The van der Waals surface area contributed by atoms with E-state index in [1.54, 1.807) is 6.92 Å². The Kier molecular flexibility index (Phi) is 5.46. The van der Waals surface area contributed by atoms with Crippen molar-refractivity contribution in [3.63, 3.8) is 0 Å². The van der Waals surface area contributed by atoms with Gasteiger partial charge in [-0.3, -0.25) is 4.79 Å². The van der Waals surface area contributed by atoms with E-state index < -0.39 is 5.97 Å². The number of rotatable bonds is 5. The van der Waals surface area contributed by atoms with E-state index in [0.717, 1.165) is 25.9 Å². The quantitative estimate of drug-likeness (QED) is 0.661. The zero-order valence-corrected chi connectivity index (χ0v) is 12.4. The average molecular weight is 297 g/mol. The first-order valence-electron chi connectivity index (χ1n) is 6.83. The van der Waals surface area contributed by atoms with Crippen molar-refractivity contribution in [2.45, 2.75) is 31.3 Å². The summed E-state index contributed by atoms with van der Waals surface area (Å²) in [7, 11) is 0. The maximum atomic E-state index is 12.0. The van der Waals surface area contributed by atoms with Gasteiger partial charge in [0.1, 0.15) is 5.69 Å². The van der Waals surface area contributed by atoms with Crippen LogP contribution in [0.25, 0.3) is 0 Å². The number of nitrogens with one attached hydrogen (secondary N) is 1. The number of hydrogen-bond acceptors (Lipinski definition) is 5. The summed E-state index contributed by atoms with van der Waals surface area (Å²) in [6, 6.07) is 0. The molecule has 1 N–H and O–H groups in total. The van der Waals surface area contributed by atoms with Gasteiger partial charge in [0.15, 0.2) is 5.16 Å². The van der Waals surface area contributed by atoms with Crippen LogP contribution in [-0.4, -0.2) is 52.2 Å². The number of H-pyrrole nitrogens is 1. The van der Waals surface area contributed by atoms with Crippen molar-refractivity contribution in [2.24, 2.45) is 0 Å². The van der Waals surface area contributed by atoms with Crippen molar-refractivity contribution in [1.82, 2.24) is 14.9 Å². The van der Waals surface area contributed by atoms with Crippen LogP contribution in [0.2, 0.25) is 0 Å². The second kappa shape index (κ2) is 7.33. The van der Waals surface area contributed by atoms with Crippen LogP contribution >= 0.6 is 11.8 Å². The summed E-state index contributed by atoms with van der Waals surface area (Å²) < 4.78 is 4.87. The van der Waals surface area contributed by atoms with Gasteiger partial charge in [-0.05, 0) is 26.2 Å². The first-order chi connectivity index (χ1) is 9.70. The van der Waals surface area contributed by atoms with E-state index in [2.05, 4.69) is 9.97 Å². The molecule has 1 aromatic rings. The second-order valence-electron chi connectivity index (χ2n) is 4.55. The second-order valence-corrected chi connectivity index (χ2v) is 5.52. The maximum absolute atomic E-state index is 12.0. The van der Waals surface area contributed by atoms with Gasteiger partial charge in [-0.15, -0.1) is 0 Å². The minimum absolute atomic E-state index is 0.129. The van der Waals surface area contributed by atoms with Crippen LogP contribution in [0.4, 0.5) is 0 Å². The molecule has 0 aliphatic carbocycles. The number of nitrogens with zero attached hydrogens (tertiary/aromatic N) is 2. The van der Waals surface area contributed by atoms with Crippen molar-refractivity contribution in [3.05, 3.63) is 11.9 Å². The number of hydrogen-bond donors (Lipinski definition) is 1. The third-order valence-electron chi connectivity index (χ3n) is 3.09. The number of carbonyl (C=O) groups is 2. The number of piperidine rings is 1. The lowest BCUT2D eigenvalue weighted by molar-refractivity contribution is -0.129. The molecule has 1 aliphatic rings. The molecule has 0 saturated carbocycles. The average Bonchev–Trinajstić information content (AvgIpc) is 2.95. The fraction of sp³-hybridized carbons (Fsp3) is 0.615. The van der Waals surface area contributed by atoms with Gasteiger partial charge in [0.25, 0.3) is 0 Å². The predicted molar refractivity (Wildman–Crippen MR) is 75.7 cm³/mol. The zero-order valence-electron chi connectivity index (χ0n) is 11.6. The van der Waals surface area contributed by atoms with Crippen LogP contribution in [0.3, 0.4) is 0 Å². The van der Waals surface area contributed by atoms with E-state index in [-0.39, 0.29) is 5.91 Å². The van der Waals surface area contributed by atoms with Gasteiger partial charge in [-0.2, -0.15) is 0 Å². The number of esters is 1. The van der Waals surface area contributed by atoms with E-state index in [1.165, 1.54) is 24.4 Å². The molecule has 0 radical (unpaired) electrons. The van der Waals surface area contributed by atoms with Crippen LogP contribution in [0, 0.1) is 0 Å². The Morgan fingerprint density at radius 3 is 2.85 bits per heavy atom. The van der Waals surface area contributed by atoms with Crippen LogP contribution in [0.1, 0.15) is 36.7 Å². The molecule has 0 spiro atoms. The normalized spacial score (nSPS) is 15.2. The van der Waals surface area contributed by atoms with E-state index in [9.17, 15) is 9.59 Å². The third kappa shape index (κ3) is 4.00. The number of amides is 1. The molecule has 110 valence electrons. The number of likely N-dealkylation sites (tertiary alicyclic amines) is 1. The monoisotopic (exact) mass is 297 g/mol. The Morgan fingerprint density at radius 1 is 1.40 bits per heavy atom. The Balaban J connectivity index is 1.81. The summed E-state index contributed by atoms with van der Waals surface area (Å²) in [5, 5.41) is 0.568. The largest absolute Gasteiger partial charge is 0.461 e. The first-order valence-corrected chi connectivity index (χ1v) is 7.82. The summed E-state index contributed by atoms with van der Waals surface area (Å²) in [5.74, 6) is 0.0495. The van der Waals surface area contributed by atoms with E-state index >= 15 is 0 Å². The summed E-state index contributed by atoms with van der Waals surface area (Å²) in [4.78, 5) is 32.3. The lowest BCUT2D eigenvalue weighted by Gasteiger charge is -2.26. The molecule has 0 bridgehead atoms. The fourth-order valence-corrected chi connectivity index (χ4v) is 2.81. The minimum atomic E-state index is -0.422. The standard InChI is InChI=1S/C13H19N3O3S/c1-2-19-12(18)10-8-14-13(15-10)20-9-11(17)16-6-4-3-5-7-16/h8H,2-7,9H2,1H3,(H,14,15). The number of aromatic nitrogens is 2. The van der Waals surface area contributed by atoms with Crippen molar-refractivity contribution in [3.8, 4) is 0 Å². The minimum Gasteiger partial charge on any atom is -0.461 e. The first kappa shape index (κ1) is 14.9. The Bertz CT molecular complexity index is 469. The van der Waals surface area contributed by atoms with Crippen molar-refractivity contribution in [2.75, 3.05) is 25.4 Å². The highest BCUT2D eigenvalue weighted by Crippen LogP contribution is 2.16. The molecule has 1 amide bonds. The van der Waals surface area contributed by atoms with Crippen LogP contribution in [0.5, 0.6) is 0 Å². The van der Waals surface area contributed by atoms with E-state index in [0.29, 0.717) is 23.2 Å². The molecule has 20 heavy (non-hydrogen) atoms. The highest BCUT2D eigenvalue weighted by Gasteiger charge is 2.17. The maximum Gasteiger partial charge on any atom is 0.356 e. The molecule has 0 unspecified atom stereocenters. The van der Waals surface area contributed by atoms with Gasteiger partial charge in [-0.1, -0.05) is 11.8 Å². The highest BCUT2D eigenvalue weighted by molar-refractivity contribution is 7.99. The lowest BCUT2D eigenvalue weighted by atomic mass is 10.1. The Hall–Kier alpha value is -1.50. The molecule has 6 nitrogen and oxygen atoms in total. The van der Waals surface area contributed by atoms with Gasteiger partial charge in [0.05, 0.1) is 18.6 Å². The molecule has 2 rings (SSSR count). The van der Waals surface area contributed by atoms with Gasteiger partial charge in [0, 0.05) is 13.1 Å². The molecular formula is C13H19N3O3S. The van der Waals surface area contributed by atoms with Crippen LogP contribution in [0.15, 0.2) is 11.4 Å². The number of ether oxygens (including phenoxy) is 1. The molecule has 7 heteroatoms. The summed E-state index contributed by atoms with van der Waals surface area (Å²) in [6.45, 7) is 3.78. The third-order valence-corrected chi connectivity index (χ3v) is 3.96. The Labute approximate surface area is 122 Å². The van der Waals surface area contributed by atoms with E-state index in [4.69, 9.17) is 4.74 Å². The van der Waals surface area contributed by atoms with Crippen molar-refractivity contribution >= 4 is 23.6 Å². The molecule has 1 fully saturated rings. The van der Waals surface area contributed by atoms with Crippen molar-refractivity contribution < 1.29 is 14.3 Å². The summed E-state index contributed by atoms with van der Waals surface area (Å²) in [5.41, 5.74) is 0.319. The number of thioether (sulfide) groups is 1.